The van der Waals surface area contributed by atoms with Gasteiger partial charge in [-0.25, -0.2) is 0 Å². The van der Waals surface area contributed by atoms with Gasteiger partial charge in [0.15, 0.2) is 0 Å². The van der Waals surface area contributed by atoms with E-state index in [1.165, 1.54) is 11.1 Å². The second-order valence-electron chi connectivity index (χ2n) is 2.56. The molecular weight excluding hydrogens is 120 g/mol. The molecule has 0 spiro atoms. The number of hydrogen-bond donors (Lipinski definition) is 0. The van der Waals surface area contributed by atoms with Crippen molar-refractivity contribution in [1.29, 1.82) is 0 Å². The van der Waals surface area contributed by atoms with Crippen molar-refractivity contribution >= 4 is 0 Å². The summed E-state index contributed by atoms with van der Waals surface area (Å²) in [5, 5.41) is 0. The molecule has 0 radical (unpaired) electrons. The monoisotopic (exact) mass is 138 g/mol. The summed E-state index contributed by atoms with van der Waals surface area (Å²) in [4.78, 5) is 0. The molecule has 0 rings (SSSR count). The molecule has 0 saturated heterocycles. The molecule has 0 unspecified atom stereocenters. The van der Waals surface area contributed by atoms with Crippen molar-refractivity contribution in [2.75, 3.05) is 0 Å². The van der Waals surface area contributed by atoms with Gasteiger partial charge in [0.2, 0.25) is 0 Å². The van der Waals surface area contributed by atoms with E-state index in [0.29, 0.717) is 0 Å². The zero-order valence-corrected chi connectivity index (χ0v) is 7.57. The van der Waals surface area contributed by atoms with Gasteiger partial charge in [0.25, 0.3) is 0 Å². The molecule has 0 saturated carbocycles. The molecule has 0 bridgehead atoms. The van der Waals surface area contributed by atoms with Gasteiger partial charge in [-0.2, -0.15) is 0 Å². The Hall–Kier alpha value is -0.520. The Morgan fingerprint density at radius 2 is 1.80 bits per heavy atom. The Labute approximate surface area is 64.6 Å². The first-order valence-electron chi connectivity index (χ1n) is 4.06. The van der Waals surface area contributed by atoms with Crippen molar-refractivity contribution in [1.82, 2.24) is 0 Å². The maximum absolute atomic E-state index is 2.28. The Bertz CT molecular complexity index is 138. The van der Waals surface area contributed by atoms with Gasteiger partial charge in [-0.15, -0.1) is 0 Å². The van der Waals surface area contributed by atoms with Gasteiger partial charge < -0.3 is 0 Å². The average molecular weight is 138 g/mol. The number of rotatable bonds is 3. The SMILES string of the molecule is C/C=C(\C=C(/C)CC)CC. The van der Waals surface area contributed by atoms with Gasteiger partial charge >= 0.3 is 0 Å². The lowest BCUT2D eigenvalue weighted by atomic mass is 10.1. The third-order valence-corrected chi connectivity index (χ3v) is 1.77. The lowest BCUT2D eigenvalue weighted by Gasteiger charge is -1.97. The first-order chi connectivity index (χ1) is 4.74. The van der Waals surface area contributed by atoms with Gasteiger partial charge in [-0.05, 0) is 26.7 Å². The van der Waals surface area contributed by atoms with Crippen LogP contribution in [0.1, 0.15) is 40.5 Å². The van der Waals surface area contributed by atoms with E-state index in [0.717, 1.165) is 12.8 Å². The van der Waals surface area contributed by atoms with E-state index < -0.39 is 0 Å². The summed E-state index contributed by atoms with van der Waals surface area (Å²) < 4.78 is 0. The number of hydrogen-bond acceptors (Lipinski definition) is 0. The molecule has 0 aromatic heterocycles. The third-order valence-electron chi connectivity index (χ3n) is 1.77. The van der Waals surface area contributed by atoms with Crippen LogP contribution in [0.5, 0.6) is 0 Å². The molecule has 58 valence electrons. The minimum Gasteiger partial charge on any atom is -0.0845 e. The fraction of sp³-hybridized carbons (Fsp3) is 0.600. The number of allylic oxidation sites excluding steroid dienone is 4. The van der Waals surface area contributed by atoms with Crippen molar-refractivity contribution in [2.45, 2.75) is 40.5 Å². The molecule has 0 amide bonds. The fourth-order valence-electron chi connectivity index (χ4n) is 0.808. The average Bonchev–Trinajstić information content (AvgIpc) is 1.99. The van der Waals surface area contributed by atoms with Crippen LogP contribution in [0, 0.1) is 0 Å². The van der Waals surface area contributed by atoms with E-state index in [2.05, 4.69) is 39.8 Å². The Balaban J connectivity index is 4.08. The van der Waals surface area contributed by atoms with Gasteiger partial charge in [0.1, 0.15) is 0 Å². The van der Waals surface area contributed by atoms with Gasteiger partial charge in [-0.1, -0.05) is 37.1 Å². The van der Waals surface area contributed by atoms with E-state index >= 15 is 0 Å². The highest BCUT2D eigenvalue weighted by atomic mass is 13.9. The first kappa shape index (κ1) is 9.48. The maximum Gasteiger partial charge on any atom is -0.0311 e. The maximum atomic E-state index is 2.28. The van der Waals surface area contributed by atoms with Crippen LogP contribution in [0.3, 0.4) is 0 Å². The summed E-state index contributed by atoms with van der Waals surface area (Å²) in [5.41, 5.74) is 2.91. The normalized spacial score (nSPS) is 14.0. The standard InChI is InChI=1S/C10H18/c1-5-9(4)8-10(6-2)7-3/h6,8H,5,7H2,1-4H3/b9-8+,10-6-. The van der Waals surface area contributed by atoms with Crippen LogP contribution in [0.25, 0.3) is 0 Å². The van der Waals surface area contributed by atoms with E-state index in [9.17, 15) is 0 Å². The highest BCUT2D eigenvalue weighted by molar-refractivity contribution is 5.21. The summed E-state index contributed by atoms with van der Waals surface area (Å²) in [6, 6.07) is 0. The topological polar surface area (TPSA) is 0 Å². The molecule has 0 heteroatoms. The molecule has 0 heterocycles. The molecule has 0 aliphatic carbocycles. The quantitative estimate of drug-likeness (QED) is 0.522. The van der Waals surface area contributed by atoms with Crippen molar-refractivity contribution in [3.8, 4) is 0 Å². The largest absolute Gasteiger partial charge is 0.0845 e. The Morgan fingerprint density at radius 1 is 1.20 bits per heavy atom. The highest BCUT2D eigenvalue weighted by Crippen LogP contribution is 2.08. The summed E-state index contributed by atoms with van der Waals surface area (Å²) in [6.07, 6.45) is 6.77. The Kier molecular flexibility index (Phi) is 5.00. The Morgan fingerprint density at radius 3 is 2.10 bits per heavy atom. The predicted molar refractivity (Wildman–Crippen MR) is 48.1 cm³/mol. The van der Waals surface area contributed by atoms with Gasteiger partial charge in [-0.3, -0.25) is 0 Å². The van der Waals surface area contributed by atoms with Crippen molar-refractivity contribution < 1.29 is 0 Å². The smallest absolute Gasteiger partial charge is 0.0311 e. The van der Waals surface area contributed by atoms with Crippen molar-refractivity contribution in [3.05, 3.63) is 23.3 Å². The van der Waals surface area contributed by atoms with Gasteiger partial charge in [0.05, 0.1) is 0 Å². The van der Waals surface area contributed by atoms with E-state index in [1.54, 1.807) is 0 Å². The van der Waals surface area contributed by atoms with Crippen LogP contribution in [0.2, 0.25) is 0 Å². The molecule has 0 nitrogen and oxygen atoms in total. The van der Waals surface area contributed by atoms with Crippen LogP contribution >= 0.6 is 0 Å². The van der Waals surface area contributed by atoms with Crippen LogP contribution in [-0.4, -0.2) is 0 Å². The lowest BCUT2D eigenvalue weighted by Crippen LogP contribution is -1.77. The fourth-order valence-corrected chi connectivity index (χ4v) is 0.808. The summed E-state index contributed by atoms with van der Waals surface area (Å²) in [5.74, 6) is 0. The zero-order chi connectivity index (χ0) is 7.98. The minimum atomic E-state index is 1.15. The minimum absolute atomic E-state index is 1.15. The molecule has 10 heavy (non-hydrogen) atoms. The van der Waals surface area contributed by atoms with Crippen LogP contribution in [0.15, 0.2) is 23.3 Å². The van der Waals surface area contributed by atoms with E-state index in [4.69, 9.17) is 0 Å². The molecule has 0 aliphatic rings. The second kappa shape index (κ2) is 5.28. The van der Waals surface area contributed by atoms with E-state index in [1.807, 2.05) is 0 Å². The van der Waals surface area contributed by atoms with Crippen molar-refractivity contribution in [3.63, 3.8) is 0 Å². The zero-order valence-electron chi connectivity index (χ0n) is 7.57. The molecule has 0 atom stereocenters. The van der Waals surface area contributed by atoms with Gasteiger partial charge in [0, 0.05) is 0 Å². The second-order valence-corrected chi connectivity index (χ2v) is 2.56. The predicted octanol–water partition coefficient (Wildman–Crippen LogP) is 3.70. The molecule has 0 aromatic carbocycles. The lowest BCUT2D eigenvalue weighted by molar-refractivity contribution is 1.07. The molecule has 0 aromatic rings. The summed E-state index contributed by atoms with van der Waals surface area (Å²) in [7, 11) is 0. The van der Waals surface area contributed by atoms with Crippen molar-refractivity contribution in [2.24, 2.45) is 0 Å². The third kappa shape index (κ3) is 3.49. The van der Waals surface area contributed by atoms with Crippen LogP contribution in [0.4, 0.5) is 0 Å². The summed E-state index contributed by atoms with van der Waals surface area (Å²) in [6.45, 7) is 8.65. The van der Waals surface area contributed by atoms with Crippen LogP contribution < -0.4 is 0 Å². The molecular formula is C10H18. The van der Waals surface area contributed by atoms with E-state index in [-0.39, 0.29) is 0 Å². The summed E-state index contributed by atoms with van der Waals surface area (Å²) >= 11 is 0. The van der Waals surface area contributed by atoms with Crippen LogP contribution in [-0.2, 0) is 0 Å². The molecule has 0 aliphatic heterocycles. The molecule has 0 N–H and O–H groups in total. The first-order valence-corrected chi connectivity index (χ1v) is 4.06. The molecule has 0 fully saturated rings. The highest BCUT2D eigenvalue weighted by Gasteiger charge is 1.87.